The van der Waals surface area contributed by atoms with Gasteiger partial charge in [-0.2, -0.15) is 5.10 Å². The summed E-state index contributed by atoms with van der Waals surface area (Å²) in [5.41, 5.74) is 1.07. The first-order valence-electron chi connectivity index (χ1n) is 6.40. The Balaban J connectivity index is 2.18. The second kappa shape index (κ2) is 5.59. The molecule has 3 aromatic rings. The van der Waals surface area contributed by atoms with Crippen molar-refractivity contribution in [3.63, 3.8) is 0 Å². The van der Waals surface area contributed by atoms with Crippen LogP contribution in [0, 0.1) is 6.92 Å². The topological polar surface area (TPSA) is 65.1 Å². The van der Waals surface area contributed by atoms with Crippen LogP contribution in [-0.2, 0) is 6.54 Å². The zero-order valence-electron chi connectivity index (χ0n) is 11.5. The maximum absolute atomic E-state index is 12.1. The molecule has 0 N–H and O–H groups in total. The normalized spacial score (nSPS) is 11.0. The van der Waals surface area contributed by atoms with Crippen LogP contribution in [0.3, 0.4) is 0 Å². The van der Waals surface area contributed by atoms with Gasteiger partial charge in [-0.1, -0.05) is 35.3 Å². The molecule has 0 amide bonds. The van der Waals surface area contributed by atoms with Crippen LogP contribution < -0.4 is 11.2 Å². The second-order valence-corrected chi connectivity index (χ2v) is 5.64. The molecular weight excluding hydrogens is 327 g/mol. The van der Waals surface area contributed by atoms with E-state index in [4.69, 9.17) is 27.6 Å². The Morgan fingerprint density at radius 3 is 2.77 bits per heavy atom. The molecule has 0 saturated carbocycles. The van der Waals surface area contributed by atoms with Crippen molar-refractivity contribution < 1.29 is 4.42 Å². The summed E-state index contributed by atoms with van der Waals surface area (Å²) in [6.45, 7) is 2.00. The molecule has 0 bridgehead atoms. The lowest BCUT2D eigenvalue weighted by molar-refractivity contribution is 0.554. The van der Waals surface area contributed by atoms with E-state index in [2.05, 4.69) is 5.10 Å². The predicted molar refractivity (Wildman–Crippen MR) is 84.8 cm³/mol. The lowest BCUT2D eigenvalue weighted by Gasteiger charge is -2.08. The van der Waals surface area contributed by atoms with Gasteiger partial charge in [-0.3, -0.25) is 4.79 Å². The van der Waals surface area contributed by atoms with Crippen molar-refractivity contribution in [2.75, 3.05) is 0 Å². The molecule has 0 aliphatic carbocycles. The minimum Gasteiger partial charge on any atom is -0.423 e. The molecule has 0 saturated heterocycles. The first-order chi connectivity index (χ1) is 10.5. The van der Waals surface area contributed by atoms with E-state index in [-0.39, 0.29) is 16.6 Å². The van der Waals surface area contributed by atoms with Gasteiger partial charge >= 0.3 is 5.63 Å². The van der Waals surface area contributed by atoms with E-state index in [9.17, 15) is 9.59 Å². The highest BCUT2D eigenvalue weighted by Crippen LogP contribution is 2.20. The Kier molecular flexibility index (Phi) is 3.76. The van der Waals surface area contributed by atoms with E-state index in [1.807, 2.05) is 19.1 Å². The molecule has 0 fully saturated rings. The SMILES string of the molecule is Cc1ccc2c(Cn3ncc(Cl)c(Cl)c3=O)cc(=O)oc2c1. The summed E-state index contributed by atoms with van der Waals surface area (Å²) in [5, 5.41) is 4.68. The summed E-state index contributed by atoms with van der Waals surface area (Å²) < 4.78 is 6.34. The Morgan fingerprint density at radius 1 is 1.23 bits per heavy atom. The predicted octanol–water partition coefficient (Wildman–Crippen LogP) is 3.01. The molecule has 0 aliphatic rings. The molecule has 0 atom stereocenters. The average Bonchev–Trinajstić information content (AvgIpc) is 2.47. The van der Waals surface area contributed by atoms with Crippen LogP contribution in [0.5, 0.6) is 0 Å². The molecular formula is C15H10Cl2N2O3. The van der Waals surface area contributed by atoms with Gasteiger partial charge in [0.15, 0.2) is 0 Å². The summed E-state index contributed by atoms with van der Waals surface area (Å²) in [6.07, 6.45) is 1.29. The molecule has 7 heteroatoms. The van der Waals surface area contributed by atoms with Crippen molar-refractivity contribution in [2.45, 2.75) is 13.5 Å². The van der Waals surface area contributed by atoms with Crippen LogP contribution >= 0.6 is 23.2 Å². The largest absolute Gasteiger partial charge is 0.423 e. The number of fused-ring (bicyclic) bond motifs is 1. The zero-order valence-corrected chi connectivity index (χ0v) is 13.0. The molecule has 5 nitrogen and oxygen atoms in total. The minimum absolute atomic E-state index is 0.0935. The molecule has 3 rings (SSSR count). The van der Waals surface area contributed by atoms with E-state index in [1.54, 1.807) is 6.07 Å². The van der Waals surface area contributed by atoms with Gasteiger partial charge in [0.05, 0.1) is 17.8 Å². The van der Waals surface area contributed by atoms with Crippen LogP contribution in [0.4, 0.5) is 0 Å². The van der Waals surface area contributed by atoms with Crippen LogP contribution in [0.25, 0.3) is 11.0 Å². The smallest absolute Gasteiger partial charge is 0.336 e. The monoisotopic (exact) mass is 336 g/mol. The number of nitrogens with zero attached hydrogens (tertiary/aromatic N) is 2. The number of aryl methyl sites for hydroxylation is 1. The van der Waals surface area contributed by atoms with E-state index < -0.39 is 11.2 Å². The average molecular weight is 337 g/mol. The maximum atomic E-state index is 12.1. The number of halogens is 2. The molecule has 1 aromatic carbocycles. The summed E-state index contributed by atoms with van der Waals surface area (Å²) in [4.78, 5) is 23.7. The highest BCUT2D eigenvalue weighted by Gasteiger charge is 2.11. The van der Waals surface area contributed by atoms with E-state index in [0.717, 1.165) is 15.6 Å². The van der Waals surface area contributed by atoms with Crippen LogP contribution in [0.15, 0.2) is 44.5 Å². The fourth-order valence-corrected chi connectivity index (χ4v) is 2.46. The molecule has 0 spiro atoms. The summed E-state index contributed by atoms with van der Waals surface area (Å²) in [7, 11) is 0. The number of hydrogen-bond acceptors (Lipinski definition) is 4. The molecule has 22 heavy (non-hydrogen) atoms. The molecule has 0 unspecified atom stereocenters. The number of aromatic nitrogens is 2. The van der Waals surface area contributed by atoms with Gasteiger partial charge < -0.3 is 4.42 Å². The standard InChI is InChI=1S/C15H10Cl2N2O3/c1-8-2-3-10-9(5-13(20)22-12(10)4-8)7-19-15(21)14(17)11(16)6-18-19/h2-6H,7H2,1H3. The quantitative estimate of drug-likeness (QED) is 0.674. The fourth-order valence-electron chi connectivity index (χ4n) is 2.19. The van der Waals surface area contributed by atoms with Crippen molar-refractivity contribution in [1.29, 1.82) is 0 Å². The number of rotatable bonds is 2. The fraction of sp³-hybridized carbons (Fsp3) is 0.133. The van der Waals surface area contributed by atoms with E-state index in [0.29, 0.717) is 11.1 Å². The summed E-state index contributed by atoms with van der Waals surface area (Å²) in [6, 6.07) is 6.85. The Bertz CT molecular complexity index is 992. The number of benzene rings is 1. The van der Waals surface area contributed by atoms with E-state index in [1.165, 1.54) is 12.3 Å². The molecule has 112 valence electrons. The highest BCUT2D eigenvalue weighted by molar-refractivity contribution is 6.41. The van der Waals surface area contributed by atoms with Crippen molar-refractivity contribution in [3.05, 3.63) is 72.4 Å². The summed E-state index contributed by atoms with van der Waals surface area (Å²) in [5.74, 6) is 0. The van der Waals surface area contributed by atoms with Crippen LogP contribution in [0.2, 0.25) is 10.0 Å². The maximum Gasteiger partial charge on any atom is 0.336 e. The molecule has 2 aromatic heterocycles. The zero-order chi connectivity index (χ0) is 15.9. The van der Waals surface area contributed by atoms with Gasteiger partial charge in [-0.05, 0) is 24.1 Å². The lowest BCUT2D eigenvalue weighted by atomic mass is 10.1. The molecule has 0 radical (unpaired) electrons. The molecule has 0 aliphatic heterocycles. The van der Waals surface area contributed by atoms with Crippen LogP contribution in [-0.4, -0.2) is 9.78 Å². The Morgan fingerprint density at radius 2 is 2.00 bits per heavy atom. The van der Waals surface area contributed by atoms with Crippen molar-refractivity contribution in [1.82, 2.24) is 9.78 Å². The van der Waals surface area contributed by atoms with Gasteiger partial charge in [0.1, 0.15) is 10.6 Å². The highest BCUT2D eigenvalue weighted by atomic mass is 35.5. The van der Waals surface area contributed by atoms with Gasteiger partial charge in [0.25, 0.3) is 5.56 Å². The van der Waals surface area contributed by atoms with Gasteiger partial charge in [-0.25, -0.2) is 9.48 Å². The Labute approximate surface area is 134 Å². The third kappa shape index (κ3) is 2.65. The van der Waals surface area contributed by atoms with Gasteiger partial charge in [0.2, 0.25) is 0 Å². The van der Waals surface area contributed by atoms with Gasteiger partial charge in [-0.15, -0.1) is 0 Å². The van der Waals surface area contributed by atoms with Crippen molar-refractivity contribution in [2.24, 2.45) is 0 Å². The second-order valence-electron chi connectivity index (χ2n) is 4.86. The third-order valence-electron chi connectivity index (χ3n) is 3.25. The Hall–Kier alpha value is -2.11. The van der Waals surface area contributed by atoms with Crippen molar-refractivity contribution in [3.8, 4) is 0 Å². The first kappa shape index (κ1) is 14.8. The van der Waals surface area contributed by atoms with Crippen LogP contribution in [0.1, 0.15) is 11.1 Å². The summed E-state index contributed by atoms with van der Waals surface area (Å²) >= 11 is 11.6. The first-order valence-corrected chi connectivity index (χ1v) is 7.16. The number of hydrogen-bond donors (Lipinski definition) is 0. The molecule has 2 heterocycles. The lowest BCUT2D eigenvalue weighted by Crippen LogP contribution is -2.24. The third-order valence-corrected chi connectivity index (χ3v) is 4.00. The van der Waals surface area contributed by atoms with Gasteiger partial charge in [0, 0.05) is 11.5 Å². The minimum atomic E-state index is -0.511. The van der Waals surface area contributed by atoms with Crippen molar-refractivity contribution >= 4 is 34.2 Å². The van der Waals surface area contributed by atoms with E-state index >= 15 is 0 Å².